The Morgan fingerprint density at radius 2 is 2.24 bits per heavy atom. The average molecular weight is 292 g/mol. The Morgan fingerprint density at radius 1 is 1.38 bits per heavy atom. The minimum Gasteiger partial charge on any atom is -0.491 e. The first-order valence-corrected chi connectivity index (χ1v) is 7.48. The average Bonchev–Trinajstić information content (AvgIpc) is 2.96. The summed E-state index contributed by atoms with van der Waals surface area (Å²) in [6.45, 7) is 6.38. The predicted octanol–water partition coefficient (Wildman–Crippen LogP) is 2.16. The fourth-order valence-electron chi connectivity index (χ4n) is 2.36. The van der Waals surface area contributed by atoms with E-state index in [1.54, 1.807) is 0 Å². The molecular weight excluding hydrogens is 268 g/mol. The Bertz CT molecular complexity index is 471. The first-order chi connectivity index (χ1) is 10.1. The molecule has 0 bridgehead atoms. The van der Waals surface area contributed by atoms with Crippen LogP contribution in [0.1, 0.15) is 24.0 Å². The van der Waals surface area contributed by atoms with Gasteiger partial charge in [0.05, 0.1) is 12.6 Å². The second kappa shape index (κ2) is 7.88. The zero-order valence-electron chi connectivity index (χ0n) is 12.8. The molecule has 0 spiro atoms. The molecule has 1 aromatic carbocycles. The zero-order valence-corrected chi connectivity index (χ0v) is 12.8. The monoisotopic (exact) mass is 292 g/mol. The maximum atomic E-state index is 11.6. The highest BCUT2D eigenvalue weighted by molar-refractivity contribution is 5.73. The number of aryl methyl sites for hydroxylation is 2. The topological polar surface area (TPSA) is 59.6 Å². The maximum Gasteiger partial charge on any atom is 0.315 e. The van der Waals surface area contributed by atoms with Crippen LogP contribution in [0.25, 0.3) is 0 Å². The van der Waals surface area contributed by atoms with Crippen LogP contribution in [-0.2, 0) is 4.74 Å². The van der Waals surface area contributed by atoms with Crippen molar-refractivity contribution in [3.8, 4) is 5.75 Å². The molecule has 0 aliphatic carbocycles. The third-order valence-corrected chi connectivity index (χ3v) is 3.49. The maximum absolute atomic E-state index is 11.6. The van der Waals surface area contributed by atoms with E-state index in [4.69, 9.17) is 9.47 Å². The number of rotatable bonds is 6. The molecule has 5 heteroatoms. The van der Waals surface area contributed by atoms with E-state index >= 15 is 0 Å². The lowest BCUT2D eigenvalue weighted by molar-refractivity contribution is 0.111. The summed E-state index contributed by atoms with van der Waals surface area (Å²) < 4.78 is 11.1. The number of benzene rings is 1. The summed E-state index contributed by atoms with van der Waals surface area (Å²) in [5.41, 5.74) is 2.32. The van der Waals surface area contributed by atoms with Crippen molar-refractivity contribution in [3.63, 3.8) is 0 Å². The molecule has 0 saturated carbocycles. The highest BCUT2D eigenvalue weighted by atomic mass is 16.5. The normalized spacial score (nSPS) is 17.5. The molecule has 1 atom stereocenters. The molecule has 1 aliphatic rings. The molecule has 0 radical (unpaired) electrons. The Labute approximate surface area is 126 Å². The number of ether oxygens (including phenoxy) is 2. The summed E-state index contributed by atoms with van der Waals surface area (Å²) in [7, 11) is 0. The Balaban J connectivity index is 1.59. The van der Waals surface area contributed by atoms with Crippen LogP contribution >= 0.6 is 0 Å². The fraction of sp³-hybridized carbons (Fsp3) is 0.562. The van der Waals surface area contributed by atoms with Gasteiger partial charge in [-0.05, 0) is 38.3 Å². The van der Waals surface area contributed by atoms with E-state index in [2.05, 4.69) is 23.6 Å². The molecule has 2 rings (SSSR count). The molecule has 1 heterocycles. The molecule has 1 aromatic rings. The van der Waals surface area contributed by atoms with Crippen LogP contribution in [0.4, 0.5) is 4.79 Å². The molecule has 1 saturated heterocycles. The molecule has 5 nitrogen and oxygen atoms in total. The number of urea groups is 1. The highest BCUT2D eigenvalue weighted by Gasteiger charge is 2.15. The number of nitrogens with one attached hydrogen (secondary N) is 2. The molecule has 1 fully saturated rings. The third kappa shape index (κ3) is 5.27. The van der Waals surface area contributed by atoms with Crippen LogP contribution in [-0.4, -0.2) is 38.4 Å². The van der Waals surface area contributed by atoms with Gasteiger partial charge in [0.1, 0.15) is 12.4 Å². The van der Waals surface area contributed by atoms with E-state index in [-0.39, 0.29) is 12.1 Å². The second-order valence-corrected chi connectivity index (χ2v) is 5.39. The quantitative estimate of drug-likeness (QED) is 0.790. The first kappa shape index (κ1) is 15.6. The van der Waals surface area contributed by atoms with E-state index in [9.17, 15) is 4.79 Å². The number of hydrogen-bond donors (Lipinski definition) is 2. The number of carbonyl (C=O) groups excluding carboxylic acids is 1. The van der Waals surface area contributed by atoms with Crippen molar-refractivity contribution in [2.45, 2.75) is 32.8 Å². The van der Waals surface area contributed by atoms with Crippen LogP contribution in [0.5, 0.6) is 5.75 Å². The van der Waals surface area contributed by atoms with E-state index in [0.29, 0.717) is 19.7 Å². The molecule has 1 unspecified atom stereocenters. The van der Waals surface area contributed by atoms with Gasteiger partial charge in [0.2, 0.25) is 0 Å². The van der Waals surface area contributed by atoms with Gasteiger partial charge in [-0.1, -0.05) is 17.7 Å². The van der Waals surface area contributed by atoms with Crippen molar-refractivity contribution in [3.05, 3.63) is 29.3 Å². The Kier molecular flexibility index (Phi) is 5.87. The van der Waals surface area contributed by atoms with Gasteiger partial charge in [-0.15, -0.1) is 0 Å². The van der Waals surface area contributed by atoms with Crippen LogP contribution in [0.15, 0.2) is 18.2 Å². The Hall–Kier alpha value is -1.75. The minimum atomic E-state index is -0.172. The molecule has 0 aromatic heterocycles. The number of amides is 2. The first-order valence-electron chi connectivity index (χ1n) is 7.48. The predicted molar refractivity (Wildman–Crippen MR) is 81.8 cm³/mol. The van der Waals surface area contributed by atoms with Crippen molar-refractivity contribution >= 4 is 6.03 Å². The second-order valence-electron chi connectivity index (χ2n) is 5.39. The fourth-order valence-corrected chi connectivity index (χ4v) is 2.36. The molecule has 21 heavy (non-hydrogen) atoms. The lowest BCUT2D eigenvalue weighted by Gasteiger charge is -2.13. The number of carbonyl (C=O) groups is 1. The largest absolute Gasteiger partial charge is 0.491 e. The Morgan fingerprint density at radius 3 is 2.95 bits per heavy atom. The van der Waals surface area contributed by atoms with Crippen molar-refractivity contribution in [2.24, 2.45) is 0 Å². The van der Waals surface area contributed by atoms with Gasteiger partial charge in [0.15, 0.2) is 0 Å². The van der Waals surface area contributed by atoms with Crippen molar-refractivity contribution < 1.29 is 14.3 Å². The molecule has 2 amide bonds. The molecule has 1 aliphatic heterocycles. The van der Waals surface area contributed by atoms with E-state index in [1.165, 1.54) is 5.56 Å². The lowest BCUT2D eigenvalue weighted by atomic mass is 10.1. The standard InChI is InChI=1S/C16H24N2O3/c1-12-5-6-15(13(2)10-12)21-9-7-17-16(19)18-11-14-4-3-8-20-14/h5-6,10,14H,3-4,7-9,11H2,1-2H3,(H2,17,18,19). The van der Waals surface area contributed by atoms with Gasteiger partial charge >= 0.3 is 6.03 Å². The van der Waals surface area contributed by atoms with Gasteiger partial charge in [0.25, 0.3) is 0 Å². The van der Waals surface area contributed by atoms with Gasteiger partial charge in [-0.3, -0.25) is 0 Å². The van der Waals surface area contributed by atoms with Crippen LogP contribution in [0.3, 0.4) is 0 Å². The van der Waals surface area contributed by atoms with E-state index in [1.807, 2.05) is 19.1 Å². The van der Waals surface area contributed by atoms with E-state index in [0.717, 1.165) is 30.8 Å². The van der Waals surface area contributed by atoms with Crippen molar-refractivity contribution in [2.75, 3.05) is 26.3 Å². The van der Waals surface area contributed by atoms with Gasteiger partial charge in [-0.25, -0.2) is 4.79 Å². The summed E-state index contributed by atoms with van der Waals surface area (Å²) in [6.07, 6.45) is 2.27. The van der Waals surface area contributed by atoms with Gasteiger partial charge < -0.3 is 20.1 Å². The third-order valence-electron chi connectivity index (χ3n) is 3.49. The smallest absolute Gasteiger partial charge is 0.315 e. The minimum absolute atomic E-state index is 0.169. The molecule has 2 N–H and O–H groups in total. The summed E-state index contributed by atoms with van der Waals surface area (Å²) in [5, 5.41) is 5.59. The summed E-state index contributed by atoms with van der Waals surface area (Å²) >= 11 is 0. The highest BCUT2D eigenvalue weighted by Crippen LogP contribution is 2.18. The lowest BCUT2D eigenvalue weighted by Crippen LogP contribution is -2.41. The van der Waals surface area contributed by atoms with Crippen molar-refractivity contribution in [1.29, 1.82) is 0 Å². The van der Waals surface area contributed by atoms with Crippen molar-refractivity contribution in [1.82, 2.24) is 10.6 Å². The van der Waals surface area contributed by atoms with Crippen LogP contribution < -0.4 is 15.4 Å². The number of hydrogen-bond acceptors (Lipinski definition) is 3. The van der Waals surface area contributed by atoms with Gasteiger partial charge in [-0.2, -0.15) is 0 Å². The van der Waals surface area contributed by atoms with Crippen LogP contribution in [0.2, 0.25) is 0 Å². The SMILES string of the molecule is Cc1ccc(OCCNC(=O)NCC2CCCO2)c(C)c1. The molecule has 116 valence electrons. The van der Waals surface area contributed by atoms with Crippen LogP contribution in [0, 0.1) is 13.8 Å². The van der Waals surface area contributed by atoms with Gasteiger partial charge in [0, 0.05) is 13.2 Å². The summed E-state index contributed by atoms with van der Waals surface area (Å²) in [6, 6.07) is 5.89. The zero-order chi connectivity index (χ0) is 15.1. The molecular formula is C16H24N2O3. The summed E-state index contributed by atoms with van der Waals surface area (Å²) in [5.74, 6) is 0.863. The summed E-state index contributed by atoms with van der Waals surface area (Å²) in [4.78, 5) is 11.6. The van der Waals surface area contributed by atoms with E-state index < -0.39 is 0 Å².